The third-order valence-corrected chi connectivity index (χ3v) is 11.3. The second-order valence-corrected chi connectivity index (χ2v) is 16.9. The molecule has 0 spiro atoms. The third kappa shape index (κ3) is 28.5. The number of rotatable bonds is 40. The van der Waals surface area contributed by atoms with Crippen LogP contribution in [0.2, 0.25) is 0 Å². The molecule has 0 aromatic heterocycles. The van der Waals surface area contributed by atoms with Gasteiger partial charge in [0.25, 0.3) is 0 Å². The van der Waals surface area contributed by atoms with Gasteiger partial charge in [0.2, 0.25) is 11.8 Å². The highest BCUT2D eigenvalue weighted by atomic mass is 35.5. The Bertz CT molecular complexity index is 1190. The summed E-state index contributed by atoms with van der Waals surface area (Å²) in [7, 11) is 0. The molecule has 8 unspecified atom stereocenters. The molecular formula is C45H82ClN3O11. The van der Waals surface area contributed by atoms with Gasteiger partial charge in [0.1, 0.15) is 18.5 Å². The van der Waals surface area contributed by atoms with Crippen LogP contribution in [0.3, 0.4) is 0 Å². The van der Waals surface area contributed by atoms with Crippen LogP contribution in [-0.4, -0.2) is 129 Å². The van der Waals surface area contributed by atoms with Crippen molar-refractivity contribution in [2.24, 2.45) is 5.73 Å². The molecule has 0 aliphatic carbocycles. The van der Waals surface area contributed by atoms with Gasteiger partial charge in [0.15, 0.2) is 0 Å². The molecule has 14 nitrogen and oxygen atoms in total. The predicted molar refractivity (Wildman–Crippen MR) is 236 cm³/mol. The van der Waals surface area contributed by atoms with Crippen molar-refractivity contribution < 1.29 is 54.8 Å². The van der Waals surface area contributed by atoms with Crippen LogP contribution in [0.15, 0.2) is 24.3 Å². The monoisotopic (exact) mass is 876 g/mol. The lowest BCUT2D eigenvalue weighted by Gasteiger charge is -2.23. The Hall–Kier alpha value is -2.11. The molecule has 350 valence electrons. The number of unbranched alkanes of at least 4 members (excludes halogenated alkanes) is 13. The van der Waals surface area contributed by atoms with Gasteiger partial charge in [-0.25, -0.2) is 0 Å². The summed E-state index contributed by atoms with van der Waals surface area (Å²) in [5, 5.41) is 75.1. The molecule has 1 aromatic carbocycles. The first-order valence-corrected chi connectivity index (χ1v) is 23.2. The molecule has 15 heteroatoms. The van der Waals surface area contributed by atoms with Gasteiger partial charge in [-0.15, -0.1) is 11.6 Å². The number of amides is 2. The third-order valence-electron chi connectivity index (χ3n) is 10.8. The number of carbonyl (C=O) groups is 2. The topological polar surface area (TPSA) is 244 Å². The Kier molecular flexibility index (Phi) is 33.9. The summed E-state index contributed by atoms with van der Waals surface area (Å²) >= 11 is 6.40. The Morgan fingerprint density at radius 2 is 1.25 bits per heavy atom. The van der Waals surface area contributed by atoms with Crippen molar-refractivity contribution in [2.75, 3.05) is 39.6 Å². The fourth-order valence-corrected chi connectivity index (χ4v) is 7.12. The molecule has 0 bridgehead atoms. The molecule has 0 fully saturated rings. The van der Waals surface area contributed by atoms with Crippen LogP contribution >= 0.6 is 11.6 Å². The van der Waals surface area contributed by atoms with Crippen molar-refractivity contribution in [3.8, 4) is 5.75 Å². The summed E-state index contributed by atoms with van der Waals surface area (Å²) in [6.07, 6.45) is 15.0. The molecule has 1 aromatic rings. The highest BCUT2D eigenvalue weighted by Crippen LogP contribution is 2.21. The lowest BCUT2D eigenvalue weighted by molar-refractivity contribution is -0.130. The normalized spacial score (nSPS) is 15.7. The van der Waals surface area contributed by atoms with E-state index in [1.807, 2.05) is 0 Å². The van der Waals surface area contributed by atoms with Crippen molar-refractivity contribution in [3.63, 3.8) is 0 Å². The number of alkyl halides is 1. The number of benzene rings is 1. The second kappa shape index (κ2) is 36.4. The van der Waals surface area contributed by atoms with E-state index in [0.29, 0.717) is 37.4 Å². The standard InChI is InChI=1S/C45H82ClN3O11/c1-2-43(56)49-36(31-51)33-60-38-26-24-34(25-27-38)42(55)29-48-45(58)41(54)23-18-22-40(53)44(57)39(46)21-16-12-9-11-15-20-37(52)19-14-10-7-5-3-4-6-8-13-17-28-59-32-35(47)30-50/h24-27,35-37,39-42,44,50-55,57H,2-23,28-33,47H2,1H3,(H,48,58)(H,49,56). The van der Waals surface area contributed by atoms with Crippen LogP contribution in [0.5, 0.6) is 5.75 Å². The van der Waals surface area contributed by atoms with E-state index in [0.717, 1.165) is 57.8 Å². The van der Waals surface area contributed by atoms with Crippen molar-refractivity contribution >= 4 is 23.4 Å². The minimum absolute atomic E-state index is 0.0369. The van der Waals surface area contributed by atoms with Crippen LogP contribution in [0, 0.1) is 0 Å². The largest absolute Gasteiger partial charge is 0.491 e. The smallest absolute Gasteiger partial charge is 0.248 e. The molecule has 0 aliphatic heterocycles. The number of hydrogen-bond acceptors (Lipinski definition) is 12. The van der Waals surface area contributed by atoms with E-state index in [-0.39, 0.29) is 63.7 Å². The molecule has 8 atom stereocenters. The Labute approximate surface area is 365 Å². The molecular weight excluding hydrogens is 794 g/mol. The van der Waals surface area contributed by atoms with E-state index in [9.17, 15) is 40.2 Å². The average Bonchev–Trinajstić information content (AvgIpc) is 3.25. The minimum Gasteiger partial charge on any atom is -0.491 e. The van der Waals surface area contributed by atoms with Crippen molar-refractivity contribution in [1.29, 1.82) is 0 Å². The predicted octanol–water partition coefficient (Wildman–Crippen LogP) is 4.68. The highest BCUT2D eigenvalue weighted by molar-refractivity contribution is 6.21. The lowest BCUT2D eigenvalue weighted by atomic mass is 9.98. The number of halogens is 1. The summed E-state index contributed by atoms with van der Waals surface area (Å²) in [5.74, 6) is -0.370. The van der Waals surface area contributed by atoms with Gasteiger partial charge in [-0.1, -0.05) is 109 Å². The van der Waals surface area contributed by atoms with Gasteiger partial charge in [-0.2, -0.15) is 0 Å². The van der Waals surface area contributed by atoms with Crippen LogP contribution in [0.25, 0.3) is 0 Å². The first kappa shape index (κ1) is 55.9. The highest BCUT2D eigenvalue weighted by Gasteiger charge is 2.25. The quantitative estimate of drug-likeness (QED) is 0.0319. The number of nitrogens with one attached hydrogen (secondary N) is 2. The SMILES string of the molecule is CCC(=O)NC(CO)COc1ccc(C(O)CNC(=O)C(O)CCCC(O)C(O)C(Cl)CCCCCCCC(O)CCCCCCCCCCCCOCC(N)CO)cc1. The minimum atomic E-state index is -1.35. The van der Waals surface area contributed by atoms with Gasteiger partial charge >= 0.3 is 0 Å². The number of aliphatic hydroxyl groups is 7. The molecule has 0 saturated carbocycles. The Morgan fingerprint density at radius 1 is 0.700 bits per heavy atom. The van der Waals surface area contributed by atoms with E-state index < -0.39 is 41.7 Å². The number of carbonyl (C=O) groups excluding carboxylic acids is 2. The maximum Gasteiger partial charge on any atom is 0.248 e. The molecule has 0 saturated heterocycles. The zero-order chi connectivity index (χ0) is 44.4. The van der Waals surface area contributed by atoms with Crippen LogP contribution in [0.1, 0.15) is 160 Å². The van der Waals surface area contributed by atoms with Crippen molar-refractivity contribution in [2.45, 2.75) is 196 Å². The first-order valence-electron chi connectivity index (χ1n) is 22.8. The van der Waals surface area contributed by atoms with E-state index in [4.69, 9.17) is 31.9 Å². The molecule has 0 heterocycles. The number of ether oxygens (including phenoxy) is 2. The molecule has 0 aliphatic rings. The van der Waals surface area contributed by atoms with Crippen LogP contribution < -0.4 is 21.1 Å². The van der Waals surface area contributed by atoms with Gasteiger partial charge in [0.05, 0.1) is 61.7 Å². The van der Waals surface area contributed by atoms with Gasteiger partial charge in [-0.3, -0.25) is 9.59 Å². The maximum absolute atomic E-state index is 12.4. The second-order valence-electron chi connectivity index (χ2n) is 16.3. The van der Waals surface area contributed by atoms with Crippen LogP contribution in [0.4, 0.5) is 0 Å². The lowest BCUT2D eigenvalue weighted by Crippen LogP contribution is -2.41. The number of aliphatic hydroxyl groups excluding tert-OH is 7. The van der Waals surface area contributed by atoms with E-state index >= 15 is 0 Å². The number of hydrogen-bond donors (Lipinski definition) is 10. The summed E-state index contributed by atoms with van der Waals surface area (Å²) in [5.41, 5.74) is 6.12. The van der Waals surface area contributed by atoms with Crippen molar-refractivity contribution in [3.05, 3.63) is 29.8 Å². The first-order chi connectivity index (χ1) is 28.9. The summed E-state index contributed by atoms with van der Waals surface area (Å²) in [6.45, 7) is 2.49. The van der Waals surface area contributed by atoms with Crippen LogP contribution in [-0.2, 0) is 14.3 Å². The summed E-state index contributed by atoms with van der Waals surface area (Å²) in [6, 6.07) is 5.68. The summed E-state index contributed by atoms with van der Waals surface area (Å²) in [4.78, 5) is 24.0. The van der Waals surface area contributed by atoms with Gasteiger partial charge < -0.3 is 61.6 Å². The molecule has 11 N–H and O–H groups in total. The molecule has 60 heavy (non-hydrogen) atoms. The Morgan fingerprint density at radius 3 is 1.80 bits per heavy atom. The molecule has 0 radical (unpaired) electrons. The maximum atomic E-state index is 12.4. The van der Waals surface area contributed by atoms with E-state index in [1.165, 1.54) is 51.4 Å². The van der Waals surface area contributed by atoms with E-state index in [1.54, 1.807) is 31.2 Å². The van der Waals surface area contributed by atoms with Gasteiger partial charge in [-0.05, 0) is 62.6 Å². The average molecular weight is 877 g/mol. The molecule has 2 amide bonds. The van der Waals surface area contributed by atoms with Gasteiger partial charge in [0, 0.05) is 19.6 Å². The summed E-state index contributed by atoms with van der Waals surface area (Å²) < 4.78 is 11.1. The van der Waals surface area contributed by atoms with Crippen molar-refractivity contribution in [1.82, 2.24) is 10.6 Å². The number of nitrogens with two attached hydrogens (primary N) is 1. The zero-order valence-electron chi connectivity index (χ0n) is 36.4. The van der Waals surface area contributed by atoms with E-state index in [2.05, 4.69) is 10.6 Å². The zero-order valence-corrected chi connectivity index (χ0v) is 37.2. The Balaban J connectivity index is 2.05. The fraction of sp³-hybridized carbons (Fsp3) is 0.822. The molecule has 1 rings (SSSR count). The fourth-order valence-electron chi connectivity index (χ4n) is 6.80.